The highest BCUT2D eigenvalue weighted by Gasteiger charge is 2.31. The van der Waals surface area contributed by atoms with E-state index in [0.29, 0.717) is 47.6 Å². The van der Waals surface area contributed by atoms with Crippen molar-refractivity contribution in [3.05, 3.63) is 99.9 Å². The van der Waals surface area contributed by atoms with Gasteiger partial charge in [0.2, 0.25) is 0 Å². The predicted octanol–water partition coefficient (Wildman–Crippen LogP) is 6.47. The number of para-hydroxylation sites is 2. The zero-order valence-corrected chi connectivity index (χ0v) is 25.5. The maximum atomic E-state index is 14.4. The molecule has 2 amide bonds. The van der Waals surface area contributed by atoms with Crippen LogP contribution in [0.1, 0.15) is 57.2 Å². The summed E-state index contributed by atoms with van der Waals surface area (Å²) >= 11 is 1.32. The third-order valence-electron chi connectivity index (χ3n) is 7.80. The maximum Gasteiger partial charge on any atom is 0.276 e. The number of fused-ring (bicyclic) bond motifs is 3. The summed E-state index contributed by atoms with van der Waals surface area (Å²) in [4.78, 5) is 34.6. The lowest BCUT2D eigenvalue weighted by Gasteiger charge is -2.23. The number of carbonyl (C=O) groups excluding carboxylic acids is 2. The molecule has 3 heterocycles. The van der Waals surface area contributed by atoms with Crippen molar-refractivity contribution in [2.24, 2.45) is 0 Å². The first-order chi connectivity index (χ1) is 19.9. The van der Waals surface area contributed by atoms with E-state index in [0.717, 1.165) is 16.0 Å². The Labute approximate surface area is 249 Å². The van der Waals surface area contributed by atoms with E-state index in [1.165, 1.54) is 23.7 Å². The highest BCUT2D eigenvalue weighted by atomic mass is 32.2. The Morgan fingerprint density at radius 1 is 1.07 bits per heavy atom. The van der Waals surface area contributed by atoms with Crippen LogP contribution in [0.2, 0.25) is 0 Å². The molecule has 2 aromatic heterocycles. The molecular weight excluding hydrogens is 574 g/mol. The van der Waals surface area contributed by atoms with Crippen molar-refractivity contribution in [1.29, 1.82) is 0 Å². The largest absolute Gasteiger partial charge is 0.319 e. The molecule has 10 heteroatoms. The Balaban J connectivity index is 1.40. The van der Waals surface area contributed by atoms with Crippen molar-refractivity contribution in [3.63, 3.8) is 0 Å². The van der Waals surface area contributed by atoms with Gasteiger partial charge in [0.05, 0.1) is 21.0 Å². The molecule has 1 N–H and O–H groups in total. The number of rotatable bonds is 7. The number of anilines is 2. The molecule has 0 saturated carbocycles. The summed E-state index contributed by atoms with van der Waals surface area (Å²) in [5.74, 6) is -1.13. The monoisotopic (exact) mass is 605 g/mol. The van der Waals surface area contributed by atoms with Gasteiger partial charge >= 0.3 is 0 Å². The van der Waals surface area contributed by atoms with Crippen molar-refractivity contribution in [3.8, 4) is 10.4 Å². The van der Waals surface area contributed by atoms with Crippen molar-refractivity contribution in [2.75, 3.05) is 23.0 Å². The lowest BCUT2D eigenvalue weighted by atomic mass is 10.0. The van der Waals surface area contributed by atoms with E-state index >= 15 is 0 Å². The van der Waals surface area contributed by atoms with Crippen LogP contribution < -0.4 is 10.2 Å². The van der Waals surface area contributed by atoms with E-state index in [4.69, 9.17) is 0 Å². The summed E-state index contributed by atoms with van der Waals surface area (Å²) < 4.78 is 37.7. The number of nitrogens with zero attached hydrogens (tertiary/aromatic N) is 2. The number of aromatic nitrogens is 1. The molecule has 0 fully saturated rings. The summed E-state index contributed by atoms with van der Waals surface area (Å²) in [6.45, 7) is 5.51. The summed E-state index contributed by atoms with van der Waals surface area (Å²) in [5.41, 5.74) is 4.21. The zero-order chi connectivity index (χ0) is 30.2. The number of thiophene rings is 1. The smallest absolute Gasteiger partial charge is 0.276 e. The van der Waals surface area contributed by atoms with Crippen molar-refractivity contribution in [2.45, 2.75) is 44.8 Å². The van der Waals surface area contributed by atoms with Crippen molar-refractivity contribution in [1.82, 2.24) is 4.98 Å². The molecule has 0 spiro atoms. The average molecular weight is 606 g/mol. The fourth-order valence-electron chi connectivity index (χ4n) is 4.88. The first-order valence-corrected chi connectivity index (χ1v) is 16.3. The molecular formula is C32H32FN3O4S2. The molecule has 1 aliphatic rings. The first-order valence-electron chi connectivity index (χ1n) is 13.6. The Hall–Kier alpha value is -3.89. The summed E-state index contributed by atoms with van der Waals surface area (Å²) in [6, 6.07) is 19.3. The number of nitrogens with one attached hydrogen (secondary N) is 1. The molecule has 0 aliphatic carbocycles. The van der Waals surface area contributed by atoms with Crippen LogP contribution >= 0.6 is 11.3 Å². The SMILES string of the molecule is Cc1cccc(F)c1NC(=O)c1cc2c(s1)-c1ccccc1N(C(=O)c1cccc(CCC(C)(C)S(C)(=O)=O)n1)CC2. The Morgan fingerprint density at radius 3 is 2.55 bits per heavy atom. The van der Waals surface area contributed by atoms with Crippen LogP contribution in [0.3, 0.4) is 0 Å². The van der Waals surface area contributed by atoms with Crippen LogP contribution in [-0.2, 0) is 22.7 Å². The van der Waals surface area contributed by atoms with Crippen molar-refractivity contribution < 1.29 is 22.4 Å². The number of benzene rings is 2. The minimum Gasteiger partial charge on any atom is -0.319 e. The number of aryl methyl sites for hydroxylation is 2. The molecule has 218 valence electrons. The van der Waals surface area contributed by atoms with E-state index in [1.807, 2.05) is 30.3 Å². The van der Waals surface area contributed by atoms with Crippen LogP contribution in [0, 0.1) is 12.7 Å². The van der Waals surface area contributed by atoms with Crippen LogP contribution in [0.4, 0.5) is 15.8 Å². The van der Waals surface area contributed by atoms with E-state index in [-0.39, 0.29) is 23.2 Å². The van der Waals surface area contributed by atoms with E-state index < -0.39 is 20.4 Å². The zero-order valence-electron chi connectivity index (χ0n) is 23.9. The van der Waals surface area contributed by atoms with Gasteiger partial charge in [-0.05, 0) is 81.5 Å². The summed E-state index contributed by atoms with van der Waals surface area (Å²) in [7, 11) is -3.25. The molecule has 0 bridgehead atoms. The van der Waals surface area contributed by atoms with Gasteiger partial charge in [-0.2, -0.15) is 0 Å². The molecule has 7 nitrogen and oxygen atoms in total. The average Bonchev–Trinajstić information content (AvgIpc) is 3.31. The molecule has 4 aromatic rings. The predicted molar refractivity (Wildman–Crippen MR) is 166 cm³/mol. The maximum absolute atomic E-state index is 14.4. The van der Waals surface area contributed by atoms with Gasteiger partial charge in [-0.1, -0.05) is 36.4 Å². The number of halogens is 1. The van der Waals surface area contributed by atoms with E-state index in [2.05, 4.69) is 10.3 Å². The lowest BCUT2D eigenvalue weighted by Crippen LogP contribution is -2.33. The van der Waals surface area contributed by atoms with Crippen LogP contribution in [0.5, 0.6) is 0 Å². The highest BCUT2D eigenvalue weighted by Crippen LogP contribution is 2.42. The number of pyridine rings is 1. The van der Waals surface area contributed by atoms with E-state index in [1.54, 1.807) is 56.0 Å². The third kappa shape index (κ3) is 5.87. The second kappa shape index (κ2) is 11.4. The fourth-order valence-corrected chi connectivity index (χ4v) is 6.49. The lowest BCUT2D eigenvalue weighted by molar-refractivity contribution is 0.0981. The van der Waals surface area contributed by atoms with Crippen LogP contribution in [-0.4, -0.2) is 42.8 Å². The Kier molecular flexibility index (Phi) is 8.04. The van der Waals surface area contributed by atoms with Crippen LogP contribution in [0.25, 0.3) is 10.4 Å². The Bertz CT molecular complexity index is 1780. The molecule has 42 heavy (non-hydrogen) atoms. The second-order valence-corrected chi connectivity index (χ2v) is 14.8. The van der Waals surface area contributed by atoms with Gasteiger partial charge < -0.3 is 10.2 Å². The number of hydrogen-bond donors (Lipinski definition) is 1. The topological polar surface area (TPSA) is 96.4 Å². The van der Waals surface area contributed by atoms with Gasteiger partial charge in [0.25, 0.3) is 11.8 Å². The van der Waals surface area contributed by atoms with Gasteiger partial charge in [0.1, 0.15) is 11.5 Å². The van der Waals surface area contributed by atoms with Crippen LogP contribution in [0.15, 0.2) is 66.7 Å². The standard InChI is InChI=1S/C32H32FN3O4S2/c1-20-9-7-12-24(33)28(20)35-30(37)27-19-21-16-18-36(26-14-6-5-11-23(26)29(21)41-27)31(38)25-13-8-10-22(34-25)15-17-32(2,3)42(4,39)40/h5-14,19H,15-18H2,1-4H3,(H,35,37). The minimum absolute atomic E-state index is 0.165. The van der Waals surface area contributed by atoms with E-state index in [9.17, 15) is 22.4 Å². The third-order valence-corrected chi connectivity index (χ3v) is 11.2. The molecule has 0 unspecified atom stereocenters. The van der Waals surface area contributed by atoms with Gasteiger partial charge in [-0.3, -0.25) is 9.59 Å². The normalized spacial score (nSPS) is 13.2. The van der Waals surface area contributed by atoms with Gasteiger partial charge in [-0.15, -0.1) is 11.3 Å². The number of amides is 2. The Morgan fingerprint density at radius 2 is 1.81 bits per heavy atom. The molecule has 2 aromatic carbocycles. The molecule has 0 saturated heterocycles. The first kappa shape index (κ1) is 29.6. The minimum atomic E-state index is -3.25. The molecule has 5 rings (SSSR count). The number of hydrogen-bond acceptors (Lipinski definition) is 6. The van der Waals surface area contributed by atoms with Crippen molar-refractivity contribution >= 4 is 44.4 Å². The highest BCUT2D eigenvalue weighted by molar-refractivity contribution is 7.92. The summed E-state index contributed by atoms with van der Waals surface area (Å²) in [6.07, 6.45) is 2.55. The van der Waals surface area contributed by atoms with Gasteiger partial charge in [0, 0.05) is 28.9 Å². The molecule has 0 atom stereocenters. The molecule has 0 radical (unpaired) electrons. The summed E-state index contributed by atoms with van der Waals surface area (Å²) in [5, 5.41) is 2.72. The van der Waals surface area contributed by atoms with Gasteiger partial charge in [0.15, 0.2) is 9.84 Å². The second-order valence-electron chi connectivity index (χ2n) is 11.1. The van der Waals surface area contributed by atoms with Gasteiger partial charge in [-0.25, -0.2) is 17.8 Å². The fraction of sp³-hybridized carbons (Fsp3) is 0.281. The quantitative estimate of drug-likeness (QED) is 0.261. The number of carbonyl (C=O) groups is 2. The molecule has 1 aliphatic heterocycles. The number of sulfone groups is 1.